The standard InChI is InChI=1S/C30H29N3O3/c34-30(22-36-24-12-2-1-3-13-24)31-19-18-29-32-26-15-6-7-16-27(26)33(29)20-9-21-35-28-17-8-11-23-10-4-5-14-25(23)28/h1-8,10-17H,9,18-22H2,(H,31,34). The van der Waals surface area contributed by atoms with Crippen molar-refractivity contribution < 1.29 is 14.3 Å². The Morgan fingerprint density at radius 1 is 0.833 bits per heavy atom. The van der Waals surface area contributed by atoms with Crippen LogP contribution in [0, 0.1) is 0 Å². The molecule has 6 heteroatoms. The van der Waals surface area contributed by atoms with E-state index in [1.807, 2.05) is 72.8 Å². The van der Waals surface area contributed by atoms with Gasteiger partial charge >= 0.3 is 0 Å². The molecule has 0 aliphatic carbocycles. The van der Waals surface area contributed by atoms with Crippen LogP contribution in [0.1, 0.15) is 12.2 Å². The van der Waals surface area contributed by atoms with Crippen LogP contribution in [-0.4, -0.2) is 35.2 Å². The first-order valence-corrected chi connectivity index (χ1v) is 12.3. The van der Waals surface area contributed by atoms with Crippen LogP contribution in [0.25, 0.3) is 21.8 Å². The molecule has 1 heterocycles. The molecule has 0 saturated heterocycles. The Hall–Kier alpha value is -4.32. The van der Waals surface area contributed by atoms with E-state index in [1.165, 1.54) is 5.39 Å². The minimum Gasteiger partial charge on any atom is -0.493 e. The molecule has 0 aliphatic rings. The molecule has 182 valence electrons. The van der Waals surface area contributed by atoms with Crippen LogP contribution < -0.4 is 14.8 Å². The van der Waals surface area contributed by atoms with E-state index in [9.17, 15) is 4.79 Å². The first kappa shape index (κ1) is 23.4. The Kier molecular flexibility index (Phi) is 7.42. The largest absolute Gasteiger partial charge is 0.493 e. The molecule has 0 atom stereocenters. The molecule has 5 aromatic rings. The highest BCUT2D eigenvalue weighted by Crippen LogP contribution is 2.25. The Bertz CT molecular complexity index is 1440. The van der Waals surface area contributed by atoms with E-state index in [0.29, 0.717) is 25.3 Å². The number of benzene rings is 4. The van der Waals surface area contributed by atoms with Gasteiger partial charge in [-0.1, -0.05) is 66.7 Å². The van der Waals surface area contributed by atoms with E-state index in [4.69, 9.17) is 14.5 Å². The highest BCUT2D eigenvalue weighted by molar-refractivity contribution is 5.88. The molecule has 1 aromatic heterocycles. The quantitative estimate of drug-likeness (QED) is 0.258. The van der Waals surface area contributed by atoms with Gasteiger partial charge in [0.25, 0.3) is 5.91 Å². The SMILES string of the molecule is O=C(COc1ccccc1)NCCc1nc2ccccc2n1CCCOc1cccc2ccccc12. The first-order valence-electron chi connectivity index (χ1n) is 12.3. The molecule has 5 rings (SSSR count). The fourth-order valence-electron chi connectivity index (χ4n) is 4.32. The van der Waals surface area contributed by atoms with E-state index >= 15 is 0 Å². The summed E-state index contributed by atoms with van der Waals surface area (Å²) >= 11 is 0. The topological polar surface area (TPSA) is 65.4 Å². The Morgan fingerprint density at radius 3 is 2.53 bits per heavy atom. The lowest BCUT2D eigenvalue weighted by molar-refractivity contribution is -0.123. The number of amides is 1. The maximum absolute atomic E-state index is 12.2. The third kappa shape index (κ3) is 5.66. The summed E-state index contributed by atoms with van der Waals surface area (Å²) in [6.07, 6.45) is 1.48. The van der Waals surface area contributed by atoms with Gasteiger partial charge in [-0.3, -0.25) is 4.79 Å². The van der Waals surface area contributed by atoms with Crippen molar-refractivity contribution in [3.63, 3.8) is 0 Å². The van der Waals surface area contributed by atoms with Crippen molar-refractivity contribution in [2.24, 2.45) is 0 Å². The fourth-order valence-corrected chi connectivity index (χ4v) is 4.32. The summed E-state index contributed by atoms with van der Waals surface area (Å²) in [6, 6.07) is 31.9. The average molecular weight is 480 g/mol. The van der Waals surface area contributed by atoms with E-state index in [-0.39, 0.29) is 12.5 Å². The van der Waals surface area contributed by atoms with Gasteiger partial charge in [-0.2, -0.15) is 0 Å². The molecule has 0 bridgehead atoms. The van der Waals surface area contributed by atoms with Gasteiger partial charge < -0.3 is 19.4 Å². The normalized spacial score (nSPS) is 11.0. The zero-order chi connectivity index (χ0) is 24.6. The first-order chi connectivity index (χ1) is 17.8. The molecule has 6 nitrogen and oxygen atoms in total. The third-order valence-corrected chi connectivity index (χ3v) is 6.05. The van der Waals surface area contributed by atoms with Crippen molar-refractivity contribution in [3.05, 3.63) is 103 Å². The number of nitrogens with one attached hydrogen (secondary N) is 1. The monoisotopic (exact) mass is 479 g/mol. The van der Waals surface area contributed by atoms with Crippen molar-refractivity contribution in [2.75, 3.05) is 19.8 Å². The number of ether oxygens (including phenoxy) is 2. The smallest absolute Gasteiger partial charge is 0.257 e. The van der Waals surface area contributed by atoms with Crippen molar-refractivity contribution in [2.45, 2.75) is 19.4 Å². The lowest BCUT2D eigenvalue weighted by atomic mass is 10.1. The fraction of sp³-hybridized carbons (Fsp3) is 0.200. The van der Waals surface area contributed by atoms with Crippen LogP contribution in [0.5, 0.6) is 11.5 Å². The third-order valence-electron chi connectivity index (χ3n) is 6.05. The number of carbonyl (C=O) groups excluding carboxylic acids is 1. The van der Waals surface area contributed by atoms with E-state index in [1.54, 1.807) is 0 Å². The number of imidazole rings is 1. The molecule has 0 spiro atoms. The number of hydrogen-bond donors (Lipinski definition) is 1. The maximum atomic E-state index is 12.2. The number of rotatable bonds is 11. The van der Waals surface area contributed by atoms with Gasteiger partial charge in [-0.15, -0.1) is 0 Å². The zero-order valence-corrected chi connectivity index (χ0v) is 20.1. The molecule has 4 aromatic carbocycles. The second-order valence-corrected chi connectivity index (χ2v) is 8.55. The molecule has 1 amide bonds. The van der Waals surface area contributed by atoms with E-state index in [0.717, 1.165) is 41.0 Å². The Balaban J connectivity index is 1.17. The predicted octanol–water partition coefficient (Wildman–Crippen LogP) is 5.40. The summed E-state index contributed by atoms with van der Waals surface area (Å²) in [5, 5.41) is 5.24. The number of fused-ring (bicyclic) bond motifs is 2. The van der Waals surface area contributed by atoms with Crippen LogP contribution in [0.2, 0.25) is 0 Å². The maximum Gasteiger partial charge on any atom is 0.257 e. The number of nitrogens with zero attached hydrogens (tertiary/aromatic N) is 2. The minimum absolute atomic E-state index is 0.00800. The molecule has 36 heavy (non-hydrogen) atoms. The van der Waals surface area contributed by atoms with E-state index in [2.05, 4.69) is 34.1 Å². The minimum atomic E-state index is -0.148. The second-order valence-electron chi connectivity index (χ2n) is 8.55. The van der Waals surface area contributed by atoms with Crippen LogP contribution in [0.3, 0.4) is 0 Å². The zero-order valence-electron chi connectivity index (χ0n) is 20.1. The van der Waals surface area contributed by atoms with Gasteiger partial charge in [-0.05, 0) is 42.1 Å². The average Bonchev–Trinajstić information content (AvgIpc) is 3.28. The van der Waals surface area contributed by atoms with Gasteiger partial charge in [0.2, 0.25) is 0 Å². The number of hydrogen-bond acceptors (Lipinski definition) is 4. The molecule has 1 N–H and O–H groups in total. The second kappa shape index (κ2) is 11.4. The van der Waals surface area contributed by atoms with Crippen LogP contribution in [0.4, 0.5) is 0 Å². The molecular formula is C30H29N3O3. The highest BCUT2D eigenvalue weighted by atomic mass is 16.5. The number of para-hydroxylation sites is 3. The van der Waals surface area contributed by atoms with Crippen molar-refractivity contribution in [3.8, 4) is 11.5 Å². The van der Waals surface area contributed by atoms with Gasteiger partial charge in [0.15, 0.2) is 6.61 Å². The van der Waals surface area contributed by atoms with Crippen molar-refractivity contribution in [1.29, 1.82) is 0 Å². The number of aryl methyl sites for hydroxylation is 1. The van der Waals surface area contributed by atoms with E-state index < -0.39 is 0 Å². The molecule has 0 fully saturated rings. The lowest BCUT2D eigenvalue weighted by Crippen LogP contribution is -2.31. The summed E-state index contributed by atoms with van der Waals surface area (Å²) in [4.78, 5) is 17.0. The number of carbonyl (C=O) groups is 1. The van der Waals surface area contributed by atoms with Crippen LogP contribution in [0.15, 0.2) is 97.1 Å². The Morgan fingerprint density at radius 2 is 1.61 bits per heavy atom. The summed E-state index contributed by atoms with van der Waals surface area (Å²) in [6.45, 7) is 1.87. The van der Waals surface area contributed by atoms with Crippen molar-refractivity contribution >= 4 is 27.7 Å². The number of aromatic nitrogens is 2. The molecular weight excluding hydrogens is 450 g/mol. The lowest BCUT2D eigenvalue weighted by Gasteiger charge is -2.12. The molecule has 0 aliphatic heterocycles. The van der Waals surface area contributed by atoms with Crippen LogP contribution in [-0.2, 0) is 17.8 Å². The highest BCUT2D eigenvalue weighted by Gasteiger charge is 2.11. The summed E-state index contributed by atoms with van der Waals surface area (Å²) in [5.41, 5.74) is 2.05. The summed E-state index contributed by atoms with van der Waals surface area (Å²) in [7, 11) is 0. The summed E-state index contributed by atoms with van der Waals surface area (Å²) in [5.74, 6) is 2.39. The van der Waals surface area contributed by atoms with Gasteiger partial charge in [-0.25, -0.2) is 4.98 Å². The molecule has 0 radical (unpaired) electrons. The van der Waals surface area contributed by atoms with Crippen LogP contribution >= 0.6 is 0 Å². The summed E-state index contributed by atoms with van der Waals surface area (Å²) < 4.78 is 13.9. The predicted molar refractivity (Wildman–Crippen MR) is 142 cm³/mol. The molecule has 0 unspecified atom stereocenters. The van der Waals surface area contributed by atoms with Gasteiger partial charge in [0.05, 0.1) is 17.6 Å². The molecule has 0 saturated carbocycles. The van der Waals surface area contributed by atoms with Crippen molar-refractivity contribution in [1.82, 2.24) is 14.9 Å². The Labute approximate surface area is 210 Å². The van der Waals surface area contributed by atoms with Gasteiger partial charge in [0, 0.05) is 24.9 Å². The van der Waals surface area contributed by atoms with Gasteiger partial charge in [0.1, 0.15) is 17.3 Å².